The SMILES string of the molecule is O=C(O)c1cccn1C1CCN(Cc2occc2Br)CC1. The average molecular weight is 353 g/mol. The van der Waals surface area contributed by atoms with E-state index in [0.29, 0.717) is 5.69 Å². The number of aromatic nitrogens is 1. The maximum absolute atomic E-state index is 11.2. The number of hydrogen-bond acceptors (Lipinski definition) is 3. The Morgan fingerprint density at radius 3 is 2.76 bits per heavy atom. The van der Waals surface area contributed by atoms with E-state index < -0.39 is 5.97 Å². The molecule has 0 atom stereocenters. The lowest BCUT2D eigenvalue weighted by atomic mass is 10.0. The molecule has 0 spiro atoms. The largest absolute Gasteiger partial charge is 0.477 e. The number of carboxylic acid groups (broad SMARTS) is 1. The summed E-state index contributed by atoms with van der Waals surface area (Å²) in [7, 11) is 0. The Hall–Kier alpha value is -1.53. The first-order chi connectivity index (χ1) is 10.1. The van der Waals surface area contributed by atoms with Crippen molar-refractivity contribution >= 4 is 21.9 Å². The fourth-order valence-corrected chi connectivity index (χ4v) is 3.22. The minimum Gasteiger partial charge on any atom is -0.477 e. The van der Waals surface area contributed by atoms with Crippen LogP contribution in [-0.2, 0) is 6.54 Å². The molecule has 0 unspecified atom stereocenters. The van der Waals surface area contributed by atoms with Crippen molar-refractivity contribution in [2.45, 2.75) is 25.4 Å². The number of aromatic carboxylic acids is 1. The number of nitrogens with zero attached hydrogens (tertiary/aromatic N) is 2. The lowest BCUT2D eigenvalue weighted by Crippen LogP contribution is -2.34. The van der Waals surface area contributed by atoms with E-state index in [-0.39, 0.29) is 6.04 Å². The van der Waals surface area contributed by atoms with Gasteiger partial charge in [-0.15, -0.1) is 0 Å². The van der Waals surface area contributed by atoms with Crippen molar-refractivity contribution < 1.29 is 14.3 Å². The third kappa shape index (κ3) is 3.06. The molecule has 0 radical (unpaired) electrons. The lowest BCUT2D eigenvalue weighted by molar-refractivity contribution is 0.0677. The molecule has 21 heavy (non-hydrogen) atoms. The van der Waals surface area contributed by atoms with Gasteiger partial charge in [-0.1, -0.05) is 0 Å². The fourth-order valence-electron chi connectivity index (χ4n) is 2.89. The van der Waals surface area contributed by atoms with E-state index in [1.807, 2.05) is 16.8 Å². The number of carbonyl (C=O) groups is 1. The Labute approximate surface area is 131 Å². The highest BCUT2D eigenvalue weighted by atomic mass is 79.9. The Bertz CT molecular complexity index is 626. The second-order valence-electron chi connectivity index (χ2n) is 5.30. The molecule has 2 aromatic rings. The molecule has 5 nitrogen and oxygen atoms in total. The van der Waals surface area contributed by atoms with Crippen molar-refractivity contribution in [2.75, 3.05) is 13.1 Å². The van der Waals surface area contributed by atoms with Crippen LogP contribution < -0.4 is 0 Å². The predicted molar refractivity (Wildman–Crippen MR) is 81.3 cm³/mol. The van der Waals surface area contributed by atoms with E-state index in [1.165, 1.54) is 0 Å². The highest BCUT2D eigenvalue weighted by Crippen LogP contribution is 2.27. The van der Waals surface area contributed by atoms with Gasteiger partial charge < -0.3 is 14.1 Å². The van der Waals surface area contributed by atoms with Gasteiger partial charge in [0.05, 0.1) is 17.3 Å². The zero-order valence-corrected chi connectivity index (χ0v) is 13.1. The van der Waals surface area contributed by atoms with Crippen molar-refractivity contribution in [1.82, 2.24) is 9.47 Å². The van der Waals surface area contributed by atoms with Crippen LogP contribution in [0.3, 0.4) is 0 Å². The van der Waals surface area contributed by atoms with Crippen LogP contribution >= 0.6 is 15.9 Å². The van der Waals surface area contributed by atoms with Crippen molar-refractivity contribution in [1.29, 1.82) is 0 Å². The molecular formula is C15H17BrN2O3. The molecule has 0 bridgehead atoms. The van der Waals surface area contributed by atoms with Gasteiger partial charge in [0.25, 0.3) is 0 Å². The molecule has 3 rings (SSSR count). The van der Waals surface area contributed by atoms with Crippen LogP contribution in [0.4, 0.5) is 0 Å². The monoisotopic (exact) mass is 352 g/mol. The summed E-state index contributed by atoms with van der Waals surface area (Å²) < 4.78 is 8.34. The Kier molecular flexibility index (Phi) is 4.17. The molecule has 112 valence electrons. The number of carboxylic acids is 1. The van der Waals surface area contributed by atoms with Crippen LogP contribution in [0.15, 0.2) is 39.5 Å². The smallest absolute Gasteiger partial charge is 0.352 e. The Morgan fingerprint density at radius 2 is 2.14 bits per heavy atom. The summed E-state index contributed by atoms with van der Waals surface area (Å²) in [6.07, 6.45) is 5.46. The molecule has 1 N–H and O–H groups in total. The molecule has 0 amide bonds. The summed E-state index contributed by atoms with van der Waals surface area (Å²) in [6.45, 7) is 2.67. The Morgan fingerprint density at radius 1 is 1.38 bits per heavy atom. The summed E-state index contributed by atoms with van der Waals surface area (Å²) in [6, 6.07) is 5.63. The highest BCUT2D eigenvalue weighted by Gasteiger charge is 2.24. The molecule has 3 heterocycles. The van der Waals surface area contributed by atoms with Gasteiger partial charge in [-0.2, -0.15) is 0 Å². The first-order valence-corrected chi connectivity index (χ1v) is 7.79. The minimum atomic E-state index is -0.859. The topological polar surface area (TPSA) is 58.6 Å². The second kappa shape index (κ2) is 6.07. The van der Waals surface area contributed by atoms with Crippen molar-refractivity contribution in [2.24, 2.45) is 0 Å². The van der Waals surface area contributed by atoms with Gasteiger partial charge in [0.2, 0.25) is 0 Å². The zero-order chi connectivity index (χ0) is 14.8. The van der Waals surface area contributed by atoms with Crippen molar-refractivity contribution in [3.05, 3.63) is 46.6 Å². The van der Waals surface area contributed by atoms with Gasteiger partial charge in [-0.05, 0) is 47.0 Å². The fraction of sp³-hybridized carbons (Fsp3) is 0.400. The maximum atomic E-state index is 11.2. The van der Waals surface area contributed by atoms with E-state index in [0.717, 1.165) is 42.7 Å². The third-order valence-electron chi connectivity index (χ3n) is 4.01. The number of piperidine rings is 1. The standard InChI is InChI=1S/C15H17BrN2O3/c16-12-5-9-21-14(12)10-17-7-3-11(4-8-17)18-6-1-2-13(18)15(19)20/h1-2,5-6,9,11H,3-4,7-8,10H2,(H,19,20). The van der Waals surface area contributed by atoms with Crippen molar-refractivity contribution in [3.63, 3.8) is 0 Å². The summed E-state index contributed by atoms with van der Waals surface area (Å²) in [5, 5.41) is 9.19. The van der Waals surface area contributed by atoms with Crippen LogP contribution in [0.5, 0.6) is 0 Å². The van der Waals surface area contributed by atoms with Crippen LogP contribution in [0.2, 0.25) is 0 Å². The highest BCUT2D eigenvalue weighted by molar-refractivity contribution is 9.10. The summed E-state index contributed by atoms with van der Waals surface area (Å²) in [5.74, 6) is 0.0857. The van der Waals surface area contributed by atoms with Crippen LogP contribution in [0, 0.1) is 0 Å². The number of halogens is 1. The molecule has 0 aromatic carbocycles. The summed E-state index contributed by atoms with van der Waals surface area (Å²) >= 11 is 3.47. The normalized spacial score (nSPS) is 17.2. The van der Waals surface area contributed by atoms with Crippen molar-refractivity contribution in [3.8, 4) is 0 Å². The molecule has 0 saturated carbocycles. The summed E-state index contributed by atoms with van der Waals surface area (Å²) in [4.78, 5) is 13.5. The van der Waals surface area contributed by atoms with E-state index in [4.69, 9.17) is 4.42 Å². The number of furan rings is 1. The molecular weight excluding hydrogens is 336 g/mol. The quantitative estimate of drug-likeness (QED) is 0.916. The molecule has 1 aliphatic heterocycles. The van der Waals surface area contributed by atoms with Gasteiger partial charge in [0.1, 0.15) is 11.5 Å². The molecule has 1 saturated heterocycles. The van der Waals surface area contributed by atoms with Crippen LogP contribution in [-0.4, -0.2) is 33.6 Å². The van der Waals surface area contributed by atoms with E-state index in [9.17, 15) is 9.90 Å². The number of rotatable bonds is 4. The maximum Gasteiger partial charge on any atom is 0.352 e. The predicted octanol–water partition coefficient (Wildman–Crippen LogP) is 3.38. The van der Waals surface area contributed by atoms with E-state index in [2.05, 4.69) is 20.8 Å². The minimum absolute atomic E-state index is 0.266. The first kappa shape index (κ1) is 14.4. The lowest BCUT2D eigenvalue weighted by Gasteiger charge is -2.32. The second-order valence-corrected chi connectivity index (χ2v) is 6.16. The van der Waals surface area contributed by atoms with Gasteiger partial charge in [0.15, 0.2) is 0 Å². The number of likely N-dealkylation sites (tertiary alicyclic amines) is 1. The Balaban J connectivity index is 1.61. The number of hydrogen-bond donors (Lipinski definition) is 1. The summed E-state index contributed by atoms with van der Waals surface area (Å²) in [5.41, 5.74) is 0.377. The van der Waals surface area contributed by atoms with Crippen LogP contribution in [0.25, 0.3) is 0 Å². The third-order valence-corrected chi connectivity index (χ3v) is 4.71. The molecule has 1 aliphatic rings. The molecule has 2 aromatic heterocycles. The molecule has 1 fully saturated rings. The van der Waals surface area contributed by atoms with Gasteiger partial charge >= 0.3 is 5.97 Å². The molecule has 0 aliphatic carbocycles. The van der Waals surface area contributed by atoms with Gasteiger partial charge in [-0.3, -0.25) is 4.90 Å². The van der Waals surface area contributed by atoms with E-state index >= 15 is 0 Å². The van der Waals surface area contributed by atoms with Gasteiger partial charge in [0, 0.05) is 25.3 Å². The molecule has 6 heteroatoms. The van der Waals surface area contributed by atoms with Gasteiger partial charge in [-0.25, -0.2) is 4.79 Å². The van der Waals surface area contributed by atoms with E-state index in [1.54, 1.807) is 18.4 Å². The first-order valence-electron chi connectivity index (χ1n) is 6.99. The van der Waals surface area contributed by atoms with Crippen LogP contribution in [0.1, 0.15) is 35.1 Å². The zero-order valence-electron chi connectivity index (χ0n) is 11.5. The average Bonchev–Trinajstić information content (AvgIpc) is 3.10.